The van der Waals surface area contributed by atoms with Gasteiger partial charge >= 0.3 is 0 Å². The van der Waals surface area contributed by atoms with E-state index in [9.17, 15) is 0 Å². The van der Waals surface area contributed by atoms with Gasteiger partial charge in [-0.1, -0.05) is 0 Å². The molecule has 0 amide bonds. The second-order valence-electron chi connectivity index (χ2n) is 2.30. The topological polar surface area (TPSA) is 42.3 Å². The van der Waals surface area contributed by atoms with Gasteiger partial charge in [-0.2, -0.15) is 60.5 Å². The van der Waals surface area contributed by atoms with E-state index in [2.05, 4.69) is 16.0 Å². The molecular weight excluding hydrogens is 365 g/mol. The van der Waals surface area contributed by atoms with Crippen LogP contribution < -0.4 is 0 Å². The van der Waals surface area contributed by atoms with Crippen LogP contribution in [-0.2, 0) is 25.8 Å². The standard InChI is InChI=1S/C5H5.3C2H6N.CH3.Hf/c1-2-4-5-3-1;3*1-3-2;;/h1-5H;3*1-2H3;1H3;/q5*-1;. The van der Waals surface area contributed by atoms with Crippen LogP contribution in [0.2, 0.25) is 0 Å². The first-order chi connectivity index (χ1) is 6.74. The molecule has 0 fully saturated rings. The Morgan fingerprint density at radius 3 is 0.938 bits per heavy atom. The van der Waals surface area contributed by atoms with Gasteiger partial charge in [-0.3, -0.25) is 0 Å². The SMILES string of the molecule is C[N-]C.C[N-]C.C[N-]C.[CH3-].[Hf].c1cc[cH-]c1. The van der Waals surface area contributed by atoms with E-state index in [1.165, 1.54) is 0 Å². The van der Waals surface area contributed by atoms with E-state index in [4.69, 9.17) is 0 Å². The molecule has 4 heteroatoms. The van der Waals surface area contributed by atoms with Gasteiger partial charge in [0.25, 0.3) is 0 Å². The fraction of sp³-hybridized carbons (Fsp3) is 0.500. The summed E-state index contributed by atoms with van der Waals surface area (Å²) in [5.74, 6) is 0. The van der Waals surface area contributed by atoms with Gasteiger partial charge in [0, 0.05) is 25.8 Å². The predicted octanol–water partition coefficient (Wildman–Crippen LogP) is 3.71. The zero-order chi connectivity index (χ0) is 11.7. The molecule has 1 aromatic rings. The number of hydrogen-bond donors (Lipinski definition) is 0. The van der Waals surface area contributed by atoms with Gasteiger partial charge in [0.05, 0.1) is 0 Å². The van der Waals surface area contributed by atoms with Crippen LogP contribution in [0.4, 0.5) is 0 Å². The first kappa shape index (κ1) is 29.8. The summed E-state index contributed by atoms with van der Waals surface area (Å²) in [5, 5.41) is 10.5. The van der Waals surface area contributed by atoms with Gasteiger partial charge in [-0.25, -0.2) is 12.1 Å². The molecule has 0 atom stereocenters. The Morgan fingerprint density at radius 1 is 0.688 bits per heavy atom. The molecule has 0 heterocycles. The summed E-state index contributed by atoms with van der Waals surface area (Å²) in [4.78, 5) is 0. The molecule has 3 nitrogen and oxygen atoms in total. The molecule has 0 radical (unpaired) electrons. The molecule has 0 aliphatic carbocycles. The molecule has 0 aromatic heterocycles. The number of rotatable bonds is 0. The Morgan fingerprint density at radius 2 is 0.875 bits per heavy atom. The van der Waals surface area contributed by atoms with Crippen LogP contribution in [0.3, 0.4) is 0 Å². The molecule has 0 spiro atoms. The minimum atomic E-state index is 0. The average Bonchev–Trinajstić information content (AvgIpc) is 2.63. The second kappa shape index (κ2) is 45.8. The van der Waals surface area contributed by atoms with Gasteiger partial charge in [0.2, 0.25) is 0 Å². The maximum Gasteiger partial charge on any atom is 0 e. The third-order valence-corrected chi connectivity index (χ3v) is 0.556. The number of nitrogens with zero attached hydrogens (tertiary/aromatic N) is 3. The van der Waals surface area contributed by atoms with Gasteiger partial charge in [0.1, 0.15) is 0 Å². The van der Waals surface area contributed by atoms with E-state index in [1.54, 1.807) is 42.3 Å². The molecule has 0 aliphatic rings. The van der Waals surface area contributed by atoms with Crippen molar-refractivity contribution in [2.45, 2.75) is 0 Å². The van der Waals surface area contributed by atoms with E-state index in [-0.39, 0.29) is 33.3 Å². The predicted molar refractivity (Wildman–Crippen MR) is 74.1 cm³/mol. The van der Waals surface area contributed by atoms with E-state index < -0.39 is 0 Å². The van der Waals surface area contributed by atoms with E-state index in [1.807, 2.05) is 30.3 Å². The third-order valence-electron chi connectivity index (χ3n) is 0.556. The monoisotopic (exact) mass is 392 g/mol. The van der Waals surface area contributed by atoms with Crippen LogP contribution in [0.1, 0.15) is 0 Å². The normalized spacial score (nSPS) is 5.88. The molecule has 0 unspecified atom stereocenters. The average molecular weight is 391 g/mol. The quantitative estimate of drug-likeness (QED) is 0.479. The van der Waals surface area contributed by atoms with Gasteiger partial charge in [-0.05, 0) is 0 Å². The van der Waals surface area contributed by atoms with Gasteiger partial charge < -0.3 is 23.4 Å². The molecule has 1 rings (SSSR count). The summed E-state index contributed by atoms with van der Waals surface area (Å²) in [7, 11) is 10.5. The van der Waals surface area contributed by atoms with Crippen molar-refractivity contribution in [1.29, 1.82) is 0 Å². The molecule has 0 N–H and O–H groups in total. The van der Waals surface area contributed by atoms with Gasteiger partial charge in [-0.15, -0.1) is 0 Å². The molecule has 0 bridgehead atoms. The molecule has 1 aromatic carbocycles. The maximum absolute atomic E-state index is 3.50. The van der Waals surface area contributed by atoms with E-state index in [0.717, 1.165) is 0 Å². The summed E-state index contributed by atoms with van der Waals surface area (Å²) < 4.78 is 0. The first-order valence-corrected chi connectivity index (χ1v) is 4.35. The fourth-order valence-electron chi connectivity index (χ4n) is 0.321. The largest absolute Gasteiger partial charge is 0.668 e. The summed E-state index contributed by atoms with van der Waals surface area (Å²) >= 11 is 0. The summed E-state index contributed by atoms with van der Waals surface area (Å²) in [6.45, 7) is 0. The second-order valence-corrected chi connectivity index (χ2v) is 2.30. The van der Waals surface area contributed by atoms with Crippen molar-refractivity contribution in [1.82, 2.24) is 0 Å². The molecule has 0 saturated heterocycles. The van der Waals surface area contributed by atoms with Crippen LogP contribution in [0, 0.1) is 7.43 Å². The van der Waals surface area contributed by atoms with Gasteiger partial charge in [0.15, 0.2) is 0 Å². The van der Waals surface area contributed by atoms with E-state index in [0.29, 0.717) is 0 Å². The zero-order valence-electron chi connectivity index (χ0n) is 11.7. The van der Waals surface area contributed by atoms with Crippen LogP contribution in [-0.4, -0.2) is 42.3 Å². The van der Waals surface area contributed by atoms with Crippen molar-refractivity contribution in [3.05, 3.63) is 53.7 Å². The summed E-state index contributed by atoms with van der Waals surface area (Å²) in [5.41, 5.74) is 0. The van der Waals surface area contributed by atoms with Crippen molar-refractivity contribution in [2.24, 2.45) is 0 Å². The smallest absolute Gasteiger partial charge is 0 e. The van der Waals surface area contributed by atoms with Crippen molar-refractivity contribution in [3.8, 4) is 0 Å². The van der Waals surface area contributed by atoms with E-state index >= 15 is 0 Å². The Bertz CT molecular complexity index is 99.8. The molecule has 98 valence electrons. The van der Waals surface area contributed by atoms with Crippen LogP contribution in [0.25, 0.3) is 16.0 Å². The van der Waals surface area contributed by atoms with Crippen molar-refractivity contribution >= 4 is 0 Å². The summed E-state index contributed by atoms with van der Waals surface area (Å²) in [6.07, 6.45) is 0. The van der Waals surface area contributed by atoms with Crippen LogP contribution in [0.5, 0.6) is 0 Å². The Balaban J connectivity index is -0.0000000336. The third kappa shape index (κ3) is 93.0. The minimum absolute atomic E-state index is 0. The molecule has 16 heavy (non-hydrogen) atoms. The maximum atomic E-state index is 3.50. The summed E-state index contributed by atoms with van der Waals surface area (Å²) in [6, 6.07) is 10.0. The fourth-order valence-corrected chi connectivity index (χ4v) is 0.321. The first-order valence-electron chi connectivity index (χ1n) is 4.35. The number of hydrogen-bond acceptors (Lipinski definition) is 0. The van der Waals surface area contributed by atoms with Crippen molar-refractivity contribution in [3.63, 3.8) is 0 Å². The zero-order valence-corrected chi connectivity index (χ0v) is 15.3. The van der Waals surface area contributed by atoms with Crippen LogP contribution in [0.15, 0.2) is 30.3 Å². The molecule has 0 saturated carbocycles. The Hall–Kier alpha value is 0.100. The molecule has 0 aliphatic heterocycles. The Kier molecular flexibility index (Phi) is 85.2. The van der Waals surface area contributed by atoms with Crippen molar-refractivity contribution < 1.29 is 25.8 Å². The van der Waals surface area contributed by atoms with Crippen LogP contribution >= 0.6 is 0 Å². The Labute approximate surface area is 122 Å². The van der Waals surface area contributed by atoms with Crippen molar-refractivity contribution in [2.75, 3.05) is 42.3 Å². The minimum Gasteiger partial charge on any atom is -0.668 e. The molecular formula is C12H26HfN3-5.